The summed E-state index contributed by atoms with van der Waals surface area (Å²) in [5.41, 5.74) is 0. The van der Waals surface area contributed by atoms with E-state index in [0.29, 0.717) is 0 Å². The fraction of sp³-hybridized carbons (Fsp3) is 1.00. The SMILES string of the molecule is C1C[SiH2]O[SiH2]C1. The summed E-state index contributed by atoms with van der Waals surface area (Å²) >= 11 is 0. The van der Waals surface area contributed by atoms with Crippen LogP contribution in [0, 0.1) is 0 Å². The lowest BCUT2D eigenvalue weighted by Crippen LogP contribution is -2.08. The highest BCUT2D eigenvalue weighted by Gasteiger charge is 1.96. The Morgan fingerprint density at radius 3 is 2.00 bits per heavy atom. The normalized spacial score (nSPS) is 32.0. The first-order valence-electron chi connectivity index (χ1n) is 2.58. The molecule has 0 spiro atoms. The van der Waals surface area contributed by atoms with E-state index in [1.807, 2.05) is 0 Å². The fourth-order valence-electron chi connectivity index (χ4n) is 0.687. The van der Waals surface area contributed by atoms with Gasteiger partial charge in [0.15, 0.2) is 0 Å². The predicted molar refractivity (Wildman–Crippen MR) is 32.4 cm³/mol. The van der Waals surface area contributed by atoms with E-state index < -0.39 is 0 Å². The summed E-state index contributed by atoms with van der Waals surface area (Å²) in [6.07, 6.45) is 1.50. The minimum Gasteiger partial charge on any atom is -0.465 e. The molecule has 0 radical (unpaired) electrons. The molecule has 0 bridgehead atoms. The van der Waals surface area contributed by atoms with Gasteiger partial charge >= 0.3 is 0 Å². The van der Waals surface area contributed by atoms with Crippen LogP contribution in [0.5, 0.6) is 0 Å². The third-order valence-electron chi connectivity index (χ3n) is 1.08. The second kappa shape index (κ2) is 2.55. The molecule has 6 heavy (non-hydrogen) atoms. The standard InChI is InChI=1S/C3H10OSi2/c1-2-5-4-6-3-1/h1-3,5-6H2. The van der Waals surface area contributed by atoms with Gasteiger partial charge in [-0.1, -0.05) is 6.42 Å². The van der Waals surface area contributed by atoms with Crippen LogP contribution < -0.4 is 0 Å². The van der Waals surface area contributed by atoms with Crippen molar-refractivity contribution < 1.29 is 4.12 Å². The molecular formula is C3H10OSi2. The lowest BCUT2D eigenvalue weighted by molar-refractivity contribution is 0.607. The van der Waals surface area contributed by atoms with Crippen molar-refractivity contribution in [1.82, 2.24) is 0 Å². The summed E-state index contributed by atoms with van der Waals surface area (Å²) in [4.78, 5) is 0. The van der Waals surface area contributed by atoms with Gasteiger partial charge < -0.3 is 4.12 Å². The molecule has 0 aromatic rings. The molecule has 1 saturated heterocycles. The van der Waals surface area contributed by atoms with Gasteiger partial charge in [-0.25, -0.2) is 0 Å². The summed E-state index contributed by atoms with van der Waals surface area (Å²) in [5.74, 6) is 0. The highest BCUT2D eigenvalue weighted by molar-refractivity contribution is 6.44. The van der Waals surface area contributed by atoms with Crippen molar-refractivity contribution >= 4 is 19.5 Å². The van der Waals surface area contributed by atoms with E-state index in [0.717, 1.165) is 0 Å². The Bertz CT molecular complexity index is 24.3. The van der Waals surface area contributed by atoms with Gasteiger partial charge in [0, 0.05) is 0 Å². The third kappa shape index (κ3) is 1.24. The van der Waals surface area contributed by atoms with Crippen LogP contribution in [0.15, 0.2) is 0 Å². The van der Waals surface area contributed by atoms with E-state index >= 15 is 0 Å². The molecule has 1 nitrogen and oxygen atoms in total. The highest BCUT2D eigenvalue weighted by Crippen LogP contribution is 2.00. The van der Waals surface area contributed by atoms with Gasteiger partial charge in [-0.2, -0.15) is 0 Å². The molecule has 1 rings (SSSR count). The molecule has 1 heterocycles. The molecule has 0 atom stereocenters. The largest absolute Gasteiger partial charge is 0.465 e. The first-order valence-corrected chi connectivity index (χ1v) is 5.73. The lowest BCUT2D eigenvalue weighted by Gasteiger charge is -2.07. The molecule has 1 aliphatic rings. The molecule has 0 unspecified atom stereocenters. The van der Waals surface area contributed by atoms with Crippen molar-refractivity contribution in [2.24, 2.45) is 0 Å². The van der Waals surface area contributed by atoms with Crippen LogP contribution >= 0.6 is 0 Å². The molecule has 0 saturated carbocycles. The Hall–Kier alpha value is 0.394. The zero-order valence-electron chi connectivity index (χ0n) is 3.94. The Morgan fingerprint density at radius 2 is 1.83 bits per heavy atom. The van der Waals surface area contributed by atoms with E-state index in [9.17, 15) is 0 Å². The summed E-state index contributed by atoms with van der Waals surface area (Å²) in [7, 11) is 0.140. The van der Waals surface area contributed by atoms with Crippen molar-refractivity contribution in [2.45, 2.75) is 18.5 Å². The fourth-order valence-corrected chi connectivity index (χ4v) is 4.96. The number of hydrogen-bond donors (Lipinski definition) is 0. The molecule has 0 aliphatic carbocycles. The molecule has 36 valence electrons. The van der Waals surface area contributed by atoms with Crippen molar-refractivity contribution in [3.05, 3.63) is 0 Å². The van der Waals surface area contributed by atoms with Crippen LogP contribution in [0.2, 0.25) is 12.1 Å². The topological polar surface area (TPSA) is 9.23 Å². The van der Waals surface area contributed by atoms with Crippen molar-refractivity contribution in [2.75, 3.05) is 0 Å². The van der Waals surface area contributed by atoms with Crippen LogP contribution in [-0.4, -0.2) is 19.5 Å². The molecule has 0 N–H and O–H groups in total. The molecular weight excluding hydrogens is 108 g/mol. The van der Waals surface area contributed by atoms with E-state index in [1.54, 1.807) is 0 Å². The van der Waals surface area contributed by atoms with Gasteiger partial charge in [-0.15, -0.1) is 0 Å². The van der Waals surface area contributed by atoms with Gasteiger partial charge in [-0.05, 0) is 12.1 Å². The quantitative estimate of drug-likeness (QED) is 0.386. The zero-order valence-corrected chi connectivity index (χ0v) is 6.77. The third-order valence-corrected chi connectivity index (χ3v) is 4.96. The maximum atomic E-state index is 5.35. The summed E-state index contributed by atoms with van der Waals surface area (Å²) in [6.45, 7) is 0. The van der Waals surface area contributed by atoms with E-state index in [4.69, 9.17) is 4.12 Å². The Labute approximate surface area is 43.0 Å². The average molecular weight is 118 g/mol. The second-order valence-electron chi connectivity index (χ2n) is 1.67. The van der Waals surface area contributed by atoms with Gasteiger partial charge in [0.1, 0.15) is 19.5 Å². The minimum atomic E-state index is 0.0702. The molecule has 1 fully saturated rings. The molecule has 0 aromatic carbocycles. The Balaban J connectivity index is 2.00. The van der Waals surface area contributed by atoms with Gasteiger partial charge in [0.2, 0.25) is 0 Å². The van der Waals surface area contributed by atoms with Gasteiger partial charge in [-0.3, -0.25) is 0 Å². The summed E-state index contributed by atoms with van der Waals surface area (Å²) in [5, 5.41) is 0. The predicted octanol–water partition coefficient (Wildman–Crippen LogP) is -0.589. The van der Waals surface area contributed by atoms with Gasteiger partial charge in [0.05, 0.1) is 0 Å². The van der Waals surface area contributed by atoms with Crippen molar-refractivity contribution in [3.63, 3.8) is 0 Å². The highest BCUT2D eigenvalue weighted by atomic mass is 28.3. The maximum absolute atomic E-state index is 5.35. The molecule has 0 amide bonds. The van der Waals surface area contributed by atoms with Crippen LogP contribution in [0.4, 0.5) is 0 Å². The maximum Gasteiger partial charge on any atom is 0.146 e. The lowest BCUT2D eigenvalue weighted by atomic mass is 10.6. The molecule has 1 aliphatic heterocycles. The van der Waals surface area contributed by atoms with Crippen LogP contribution in [0.25, 0.3) is 0 Å². The Kier molecular flexibility index (Phi) is 1.93. The van der Waals surface area contributed by atoms with E-state index in [-0.39, 0.29) is 19.5 Å². The molecule has 0 aromatic heterocycles. The van der Waals surface area contributed by atoms with E-state index in [1.165, 1.54) is 18.5 Å². The molecule has 3 heteroatoms. The second-order valence-corrected chi connectivity index (χ2v) is 5.54. The first kappa shape index (κ1) is 4.55. The summed E-state index contributed by atoms with van der Waals surface area (Å²) in [6, 6.07) is 2.90. The average Bonchev–Trinajstić information content (AvgIpc) is 1.72. The first-order chi connectivity index (χ1) is 3.00. The van der Waals surface area contributed by atoms with Crippen molar-refractivity contribution in [1.29, 1.82) is 0 Å². The number of rotatable bonds is 0. The van der Waals surface area contributed by atoms with Crippen LogP contribution in [-0.2, 0) is 4.12 Å². The number of hydrogen-bond acceptors (Lipinski definition) is 1. The van der Waals surface area contributed by atoms with Crippen LogP contribution in [0.1, 0.15) is 6.42 Å². The smallest absolute Gasteiger partial charge is 0.146 e. The summed E-state index contributed by atoms with van der Waals surface area (Å²) < 4.78 is 5.35. The van der Waals surface area contributed by atoms with Crippen molar-refractivity contribution in [3.8, 4) is 0 Å². The van der Waals surface area contributed by atoms with Gasteiger partial charge in [0.25, 0.3) is 0 Å². The monoisotopic (exact) mass is 118 g/mol. The van der Waals surface area contributed by atoms with E-state index in [2.05, 4.69) is 0 Å². The Morgan fingerprint density at radius 1 is 1.17 bits per heavy atom. The zero-order chi connectivity index (χ0) is 4.24. The minimum absolute atomic E-state index is 0.0702. The van der Waals surface area contributed by atoms with Crippen LogP contribution in [0.3, 0.4) is 0 Å².